The lowest BCUT2D eigenvalue weighted by Crippen LogP contribution is -2.08. The maximum atomic E-state index is 5.72. The summed E-state index contributed by atoms with van der Waals surface area (Å²) in [6, 6.07) is 0. The molecule has 2 atom stereocenters. The standard InChI is InChI=1S/C13H21N3O/c1-9-7-8-17-11(9)13-14-12(15-16-13)10-5-3-2-4-6-10/h9-11H,2-8H2,1H3,(H,14,15,16). The Hall–Kier alpha value is -0.900. The van der Waals surface area contributed by atoms with Crippen molar-refractivity contribution in [2.24, 2.45) is 5.92 Å². The molecular weight excluding hydrogens is 214 g/mol. The van der Waals surface area contributed by atoms with Crippen molar-refractivity contribution >= 4 is 0 Å². The maximum absolute atomic E-state index is 5.72. The molecule has 0 bridgehead atoms. The molecule has 0 radical (unpaired) electrons. The van der Waals surface area contributed by atoms with Crippen LogP contribution in [-0.4, -0.2) is 21.8 Å². The van der Waals surface area contributed by atoms with Crippen LogP contribution in [0.15, 0.2) is 0 Å². The Balaban J connectivity index is 1.73. The Morgan fingerprint density at radius 3 is 2.71 bits per heavy atom. The fourth-order valence-corrected chi connectivity index (χ4v) is 3.00. The lowest BCUT2D eigenvalue weighted by atomic mass is 9.89. The highest BCUT2D eigenvalue weighted by Crippen LogP contribution is 2.34. The number of hydrogen-bond acceptors (Lipinski definition) is 3. The molecule has 0 amide bonds. The highest BCUT2D eigenvalue weighted by Gasteiger charge is 2.30. The second-order valence-electron chi connectivity index (χ2n) is 5.47. The predicted octanol–water partition coefficient (Wildman–Crippen LogP) is 2.95. The number of nitrogens with one attached hydrogen (secondary N) is 1. The molecule has 1 aliphatic heterocycles. The van der Waals surface area contributed by atoms with E-state index in [9.17, 15) is 0 Å². The maximum Gasteiger partial charge on any atom is 0.154 e. The van der Waals surface area contributed by atoms with Crippen molar-refractivity contribution in [1.82, 2.24) is 15.2 Å². The summed E-state index contributed by atoms with van der Waals surface area (Å²) in [7, 11) is 0. The van der Waals surface area contributed by atoms with Gasteiger partial charge in [-0.15, -0.1) is 0 Å². The minimum atomic E-state index is 0.139. The molecule has 94 valence electrons. The SMILES string of the molecule is CC1CCOC1c1nc(C2CCCCC2)n[nH]1. The molecule has 0 aromatic carbocycles. The average Bonchev–Trinajstić information content (AvgIpc) is 2.98. The smallest absolute Gasteiger partial charge is 0.154 e. The van der Waals surface area contributed by atoms with Gasteiger partial charge in [0.05, 0.1) is 0 Å². The molecule has 3 rings (SSSR count). The van der Waals surface area contributed by atoms with E-state index in [1.165, 1.54) is 32.1 Å². The Morgan fingerprint density at radius 2 is 2.00 bits per heavy atom. The largest absolute Gasteiger partial charge is 0.370 e. The fourth-order valence-electron chi connectivity index (χ4n) is 3.00. The van der Waals surface area contributed by atoms with E-state index in [1.807, 2.05) is 0 Å². The summed E-state index contributed by atoms with van der Waals surface area (Å²) in [6.45, 7) is 3.08. The number of aromatic amines is 1. The van der Waals surface area contributed by atoms with Crippen LogP contribution in [0.2, 0.25) is 0 Å². The summed E-state index contributed by atoms with van der Waals surface area (Å²) >= 11 is 0. The first-order valence-corrected chi connectivity index (χ1v) is 6.88. The van der Waals surface area contributed by atoms with Crippen molar-refractivity contribution < 1.29 is 4.74 Å². The van der Waals surface area contributed by atoms with Crippen LogP contribution in [0.4, 0.5) is 0 Å². The van der Waals surface area contributed by atoms with Gasteiger partial charge in [-0.2, -0.15) is 5.10 Å². The van der Waals surface area contributed by atoms with Gasteiger partial charge in [-0.05, 0) is 25.2 Å². The van der Waals surface area contributed by atoms with E-state index in [4.69, 9.17) is 4.74 Å². The quantitative estimate of drug-likeness (QED) is 0.857. The molecule has 0 spiro atoms. The number of aromatic nitrogens is 3. The van der Waals surface area contributed by atoms with Gasteiger partial charge in [0.15, 0.2) is 11.6 Å². The van der Waals surface area contributed by atoms with Gasteiger partial charge in [-0.25, -0.2) is 4.98 Å². The summed E-state index contributed by atoms with van der Waals surface area (Å²) in [5.74, 6) is 3.09. The summed E-state index contributed by atoms with van der Waals surface area (Å²) in [5.41, 5.74) is 0. The van der Waals surface area contributed by atoms with Gasteiger partial charge in [-0.1, -0.05) is 26.2 Å². The van der Waals surface area contributed by atoms with Crippen LogP contribution < -0.4 is 0 Å². The molecule has 2 heterocycles. The van der Waals surface area contributed by atoms with E-state index in [0.29, 0.717) is 11.8 Å². The molecule has 4 heteroatoms. The fraction of sp³-hybridized carbons (Fsp3) is 0.846. The monoisotopic (exact) mass is 235 g/mol. The highest BCUT2D eigenvalue weighted by molar-refractivity contribution is 5.02. The van der Waals surface area contributed by atoms with Crippen LogP contribution in [-0.2, 0) is 4.74 Å². The minimum absolute atomic E-state index is 0.139. The van der Waals surface area contributed by atoms with Crippen LogP contribution in [0.1, 0.15) is 69.1 Å². The minimum Gasteiger partial charge on any atom is -0.370 e. The van der Waals surface area contributed by atoms with E-state index in [2.05, 4.69) is 22.1 Å². The third-order valence-corrected chi connectivity index (χ3v) is 4.15. The van der Waals surface area contributed by atoms with Gasteiger partial charge < -0.3 is 4.74 Å². The second kappa shape index (κ2) is 4.77. The van der Waals surface area contributed by atoms with Crippen molar-refractivity contribution in [3.8, 4) is 0 Å². The van der Waals surface area contributed by atoms with E-state index < -0.39 is 0 Å². The number of hydrogen-bond donors (Lipinski definition) is 1. The van der Waals surface area contributed by atoms with Gasteiger partial charge in [0, 0.05) is 12.5 Å². The molecule has 2 aliphatic rings. The van der Waals surface area contributed by atoms with E-state index in [1.54, 1.807) is 0 Å². The van der Waals surface area contributed by atoms with Crippen molar-refractivity contribution in [2.45, 2.75) is 57.5 Å². The molecule has 1 N–H and O–H groups in total. The zero-order valence-corrected chi connectivity index (χ0v) is 10.5. The number of nitrogens with zero attached hydrogens (tertiary/aromatic N) is 2. The molecule has 2 fully saturated rings. The summed E-state index contributed by atoms with van der Waals surface area (Å²) < 4.78 is 5.72. The van der Waals surface area contributed by atoms with E-state index >= 15 is 0 Å². The Morgan fingerprint density at radius 1 is 1.18 bits per heavy atom. The van der Waals surface area contributed by atoms with E-state index in [0.717, 1.165) is 24.7 Å². The van der Waals surface area contributed by atoms with Gasteiger partial charge in [0.2, 0.25) is 0 Å². The molecule has 17 heavy (non-hydrogen) atoms. The first kappa shape index (κ1) is 11.2. The van der Waals surface area contributed by atoms with Crippen molar-refractivity contribution in [2.75, 3.05) is 6.61 Å². The molecule has 1 saturated carbocycles. The van der Waals surface area contributed by atoms with Crippen molar-refractivity contribution in [3.63, 3.8) is 0 Å². The topological polar surface area (TPSA) is 50.8 Å². The average molecular weight is 235 g/mol. The molecular formula is C13H21N3O. The van der Waals surface area contributed by atoms with Crippen molar-refractivity contribution in [1.29, 1.82) is 0 Å². The molecule has 1 saturated heterocycles. The molecule has 2 unspecified atom stereocenters. The third kappa shape index (κ3) is 2.23. The zero-order chi connectivity index (χ0) is 11.7. The highest BCUT2D eigenvalue weighted by atomic mass is 16.5. The molecule has 4 nitrogen and oxygen atoms in total. The van der Waals surface area contributed by atoms with E-state index in [-0.39, 0.29) is 6.10 Å². The Kier molecular flexibility index (Phi) is 3.14. The summed E-state index contributed by atoms with van der Waals surface area (Å²) in [6.07, 6.45) is 7.78. The lowest BCUT2D eigenvalue weighted by molar-refractivity contribution is 0.0875. The number of ether oxygens (including phenoxy) is 1. The van der Waals surface area contributed by atoms with Crippen LogP contribution in [0, 0.1) is 5.92 Å². The Labute approximate surface area is 102 Å². The van der Waals surface area contributed by atoms with Crippen LogP contribution in [0.25, 0.3) is 0 Å². The first-order valence-electron chi connectivity index (χ1n) is 6.88. The van der Waals surface area contributed by atoms with Gasteiger partial charge >= 0.3 is 0 Å². The first-order chi connectivity index (χ1) is 8.34. The predicted molar refractivity (Wildman–Crippen MR) is 64.7 cm³/mol. The van der Waals surface area contributed by atoms with Gasteiger partial charge in [0.1, 0.15) is 6.10 Å². The molecule has 1 aromatic rings. The molecule has 1 aromatic heterocycles. The third-order valence-electron chi connectivity index (χ3n) is 4.15. The van der Waals surface area contributed by atoms with Crippen LogP contribution in [0.5, 0.6) is 0 Å². The Bertz CT molecular complexity index is 370. The number of H-pyrrole nitrogens is 1. The second-order valence-corrected chi connectivity index (χ2v) is 5.47. The van der Waals surface area contributed by atoms with Gasteiger partial charge in [0.25, 0.3) is 0 Å². The van der Waals surface area contributed by atoms with Crippen molar-refractivity contribution in [3.05, 3.63) is 11.6 Å². The molecule has 1 aliphatic carbocycles. The summed E-state index contributed by atoms with van der Waals surface area (Å²) in [5, 5.41) is 7.49. The number of rotatable bonds is 2. The normalized spacial score (nSPS) is 30.9. The van der Waals surface area contributed by atoms with Crippen LogP contribution >= 0.6 is 0 Å². The summed E-state index contributed by atoms with van der Waals surface area (Å²) in [4.78, 5) is 4.67. The lowest BCUT2D eigenvalue weighted by Gasteiger charge is -2.18. The zero-order valence-electron chi connectivity index (χ0n) is 10.5. The van der Waals surface area contributed by atoms with Gasteiger partial charge in [-0.3, -0.25) is 5.10 Å². The van der Waals surface area contributed by atoms with Crippen LogP contribution in [0.3, 0.4) is 0 Å².